The maximum atomic E-state index is 11.1. The number of Topliss-reactive ketones (excluding diaryl/α,β-unsaturated/α-hetero) is 1. The van der Waals surface area contributed by atoms with Crippen molar-refractivity contribution < 1.29 is 9.90 Å². The summed E-state index contributed by atoms with van der Waals surface area (Å²) >= 11 is 0. The normalized spacial score (nSPS) is 44.1. The number of rotatable bonds is 0. The van der Waals surface area contributed by atoms with E-state index < -0.39 is 6.10 Å². The number of carbonyl (C=O) groups is 1. The maximum absolute atomic E-state index is 11.1. The van der Waals surface area contributed by atoms with E-state index >= 15 is 0 Å². The minimum absolute atomic E-state index is 0.0770. The van der Waals surface area contributed by atoms with Crippen LogP contribution in [0.15, 0.2) is 0 Å². The van der Waals surface area contributed by atoms with E-state index in [0.29, 0.717) is 18.3 Å². The molecule has 0 aromatic heterocycles. The first kappa shape index (κ1) is 7.29. The van der Waals surface area contributed by atoms with E-state index in [0.717, 1.165) is 12.8 Å². The third-order valence-corrected chi connectivity index (χ3v) is 3.21. The Kier molecular flexibility index (Phi) is 1.72. The zero-order valence-electron chi connectivity index (χ0n) is 6.62. The minimum atomic E-state index is -0.615. The summed E-state index contributed by atoms with van der Waals surface area (Å²) in [4.78, 5) is 11.1. The molecule has 2 saturated carbocycles. The minimum Gasteiger partial charge on any atom is -0.385 e. The number of hydrogen-bond acceptors (Lipinski definition) is 2. The molecule has 0 radical (unpaired) electrons. The van der Waals surface area contributed by atoms with E-state index in [4.69, 9.17) is 0 Å². The third-order valence-electron chi connectivity index (χ3n) is 3.21. The number of ketones is 1. The maximum Gasteiger partial charge on any atom is 0.161 e. The Morgan fingerprint density at radius 1 is 1.27 bits per heavy atom. The quantitative estimate of drug-likeness (QED) is 0.568. The van der Waals surface area contributed by atoms with Gasteiger partial charge in [-0.15, -0.1) is 0 Å². The smallest absolute Gasteiger partial charge is 0.161 e. The van der Waals surface area contributed by atoms with Crippen LogP contribution in [0.1, 0.15) is 32.1 Å². The molecule has 1 N–H and O–H groups in total. The molecule has 62 valence electrons. The van der Waals surface area contributed by atoms with Gasteiger partial charge in [-0.3, -0.25) is 4.79 Å². The van der Waals surface area contributed by atoms with Crippen molar-refractivity contribution >= 4 is 5.78 Å². The highest BCUT2D eigenvalue weighted by atomic mass is 16.3. The lowest BCUT2D eigenvalue weighted by atomic mass is 9.79. The van der Waals surface area contributed by atoms with Crippen LogP contribution in [0, 0.1) is 11.8 Å². The molecule has 3 unspecified atom stereocenters. The topological polar surface area (TPSA) is 37.3 Å². The fourth-order valence-electron chi connectivity index (χ4n) is 2.55. The van der Waals surface area contributed by atoms with Crippen LogP contribution in [0.3, 0.4) is 0 Å². The third kappa shape index (κ3) is 1.09. The molecule has 0 aromatic rings. The number of carbonyl (C=O) groups excluding carboxylic acids is 1. The summed E-state index contributed by atoms with van der Waals surface area (Å²) in [5, 5.41) is 9.50. The summed E-state index contributed by atoms with van der Waals surface area (Å²) in [5.74, 6) is 1.05. The average Bonchev–Trinajstić information content (AvgIpc) is 2.45. The van der Waals surface area contributed by atoms with Crippen LogP contribution < -0.4 is 0 Å². The number of aliphatic hydroxyl groups excluding tert-OH is 1. The molecular weight excluding hydrogens is 140 g/mol. The highest BCUT2D eigenvalue weighted by Crippen LogP contribution is 2.40. The van der Waals surface area contributed by atoms with Crippen LogP contribution >= 0.6 is 0 Å². The van der Waals surface area contributed by atoms with E-state index in [1.165, 1.54) is 12.8 Å². The van der Waals surface area contributed by atoms with E-state index in [2.05, 4.69) is 0 Å². The molecule has 2 heteroatoms. The fourth-order valence-corrected chi connectivity index (χ4v) is 2.55. The Hall–Kier alpha value is -0.370. The second kappa shape index (κ2) is 2.59. The SMILES string of the molecule is O=C1CCC2CCCC2C1O. The van der Waals surface area contributed by atoms with Crippen molar-refractivity contribution in [2.24, 2.45) is 11.8 Å². The van der Waals surface area contributed by atoms with Gasteiger partial charge in [-0.05, 0) is 24.7 Å². The summed E-state index contributed by atoms with van der Waals surface area (Å²) < 4.78 is 0. The molecule has 11 heavy (non-hydrogen) atoms. The molecule has 0 amide bonds. The van der Waals surface area contributed by atoms with Crippen molar-refractivity contribution in [2.45, 2.75) is 38.2 Å². The lowest BCUT2D eigenvalue weighted by molar-refractivity contribution is -0.134. The van der Waals surface area contributed by atoms with Gasteiger partial charge in [-0.1, -0.05) is 12.8 Å². The fraction of sp³-hybridized carbons (Fsp3) is 0.889. The van der Waals surface area contributed by atoms with Crippen molar-refractivity contribution in [1.29, 1.82) is 0 Å². The number of hydrogen-bond donors (Lipinski definition) is 1. The first-order valence-corrected chi connectivity index (χ1v) is 4.50. The van der Waals surface area contributed by atoms with Gasteiger partial charge in [0.15, 0.2) is 5.78 Å². The number of fused-ring (bicyclic) bond motifs is 1. The monoisotopic (exact) mass is 154 g/mol. The van der Waals surface area contributed by atoms with Crippen molar-refractivity contribution in [3.8, 4) is 0 Å². The van der Waals surface area contributed by atoms with Gasteiger partial charge < -0.3 is 5.11 Å². The van der Waals surface area contributed by atoms with Crippen LogP contribution in [-0.2, 0) is 4.79 Å². The van der Waals surface area contributed by atoms with Crippen molar-refractivity contribution in [2.75, 3.05) is 0 Å². The summed E-state index contributed by atoms with van der Waals surface area (Å²) in [5.41, 5.74) is 0. The van der Waals surface area contributed by atoms with Gasteiger partial charge in [0.2, 0.25) is 0 Å². The van der Waals surface area contributed by atoms with E-state index in [-0.39, 0.29) is 5.78 Å². The lowest BCUT2D eigenvalue weighted by Crippen LogP contribution is -2.36. The van der Waals surface area contributed by atoms with Gasteiger partial charge in [0.1, 0.15) is 6.10 Å². The van der Waals surface area contributed by atoms with Gasteiger partial charge in [0.25, 0.3) is 0 Å². The van der Waals surface area contributed by atoms with Gasteiger partial charge >= 0.3 is 0 Å². The molecule has 0 bridgehead atoms. The summed E-state index contributed by atoms with van der Waals surface area (Å²) in [6, 6.07) is 0. The molecule has 3 atom stereocenters. The molecule has 0 spiro atoms. The molecule has 2 fully saturated rings. The first-order valence-electron chi connectivity index (χ1n) is 4.50. The Labute approximate surface area is 66.6 Å². The van der Waals surface area contributed by atoms with Crippen molar-refractivity contribution in [3.05, 3.63) is 0 Å². The highest BCUT2D eigenvalue weighted by Gasteiger charge is 2.39. The Morgan fingerprint density at radius 2 is 2.09 bits per heavy atom. The van der Waals surface area contributed by atoms with Gasteiger partial charge in [0, 0.05) is 6.42 Å². The zero-order valence-corrected chi connectivity index (χ0v) is 6.62. The highest BCUT2D eigenvalue weighted by molar-refractivity contribution is 5.84. The van der Waals surface area contributed by atoms with Crippen LogP contribution in [0.2, 0.25) is 0 Å². The largest absolute Gasteiger partial charge is 0.385 e. The van der Waals surface area contributed by atoms with Crippen molar-refractivity contribution in [1.82, 2.24) is 0 Å². The molecular formula is C9H14O2. The van der Waals surface area contributed by atoms with E-state index in [9.17, 15) is 9.90 Å². The lowest BCUT2D eigenvalue weighted by Gasteiger charge is -2.28. The van der Waals surface area contributed by atoms with Gasteiger partial charge in [0.05, 0.1) is 0 Å². The van der Waals surface area contributed by atoms with Crippen LogP contribution in [0.25, 0.3) is 0 Å². The molecule has 2 aliphatic carbocycles. The Balaban J connectivity index is 2.11. The summed E-state index contributed by atoms with van der Waals surface area (Å²) in [6.45, 7) is 0. The molecule has 0 aliphatic heterocycles. The zero-order chi connectivity index (χ0) is 7.84. The number of aliphatic hydroxyl groups is 1. The standard InChI is InChI=1S/C9H14O2/c10-8-5-4-6-2-1-3-7(6)9(8)11/h6-7,9,11H,1-5H2. The molecule has 0 saturated heterocycles. The summed E-state index contributed by atoms with van der Waals surface area (Å²) in [6.07, 6.45) is 4.53. The Morgan fingerprint density at radius 3 is 2.91 bits per heavy atom. The van der Waals surface area contributed by atoms with Gasteiger partial charge in [-0.2, -0.15) is 0 Å². The second-order valence-electron chi connectivity index (χ2n) is 3.80. The second-order valence-corrected chi connectivity index (χ2v) is 3.80. The Bertz CT molecular complexity index is 176. The van der Waals surface area contributed by atoms with Crippen LogP contribution in [0.5, 0.6) is 0 Å². The average molecular weight is 154 g/mol. The predicted octanol–water partition coefficient (Wildman–Crippen LogP) is 1.13. The van der Waals surface area contributed by atoms with Crippen LogP contribution in [0.4, 0.5) is 0 Å². The van der Waals surface area contributed by atoms with Crippen LogP contribution in [-0.4, -0.2) is 17.0 Å². The molecule has 0 aromatic carbocycles. The summed E-state index contributed by atoms with van der Waals surface area (Å²) in [7, 11) is 0. The molecule has 0 heterocycles. The first-order chi connectivity index (χ1) is 5.29. The molecule has 2 aliphatic rings. The molecule has 2 nitrogen and oxygen atoms in total. The van der Waals surface area contributed by atoms with E-state index in [1.54, 1.807) is 0 Å². The molecule has 2 rings (SSSR count). The van der Waals surface area contributed by atoms with Gasteiger partial charge in [-0.25, -0.2) is 0 Å². The predicted molar refractivity (Wildman–Crippen MR) is 41.1 cm³/mol. The van der Waals surface area contributed by atoms with Crippen molar-refractivity contribution in [3.63, 3.8) is 0 Å². The van der Waals surface area contributed by atoms with E-state index in [1.807, 2.05) is 0 Å².